The molecule has 0 aromatic carbocycles. The SMILES string of the molecule is CCn1cc(NC(=O)c2nc3ncccn3n2)c(C(=O)NC)n1. The summed E-state index contributed by atoms with van der Waals surface area (Å²) in [7, 11) is 1.49. The van der Waals surface area contributed by atoms with Crippen LogP contribution < -0.4 is 10.6 Å². The molecule has 3 rings (SSSR count). The largest absolute Gasteiger partial charge is 0.354 e. The fourth-order valence-electron chi connectivity index (χ4n) is 1.97. The third-order valence-electron chi connectivity index (χ3n) is 3.10. The van der Waals surface area contributed by atoms with Crippen molar-refractivity contribution in [3.05, 3.63) is 36.2 Å². The van der Waals surface area contributed by atoms with E-state index in [1.807, 2.05) is 6.92 Å². The number of nitrogens with one attached hydrogen (secondary N) is 2. The molecule has 0 radical (unpaired) electrons. The lowest BCUT2D eigenvalue weighted by Gasteiger charge is -2.01. The molecule has 3 heterocycles. The van der Waals surface area contributed by atoms with Gasteiger partial charge in [0.1, 0.15) is 0 Å². The van der Waals surface area contributed by atoms with E-state index in [9.17, 15) is 9.59 Å². The summed E-state index contributed by atoms with van der Waals surface area (Å²) in [6.07, 6.45) is 4.77. The van der Waals surface area contributed by atoms with Gasteiger partial charge in [0, 0.05) is 32.2 Å². The lowest BCUT2D eigenvalue weighted by Crippen LogP contribution is -2.22. The van der Waals surface area contributed by atoms with E-state index in [1.54, 1.807) is 29.3 Å². The van der Waals surface area contributed by atoms with E-state index in [0.717, 1.165) is 0 Å². The van der Waals surface area contributed by atoms with Gasteiger partial charge in [0.2, 0.25) is 5.82 Å². The van der Waals surface area contributed by atoms with E-state index in [1.165, 1.54) is 11.6 Å². The predicted octanol–water partition coefficient (Wildman–Crippen LogP) is -0.0474. The van der Waals surface area contributed by atoms with Crippen LogP contribution in [0.15, 0.2) is 24.7 Å². The number of carbonyl (C=O) groups excluding carboxylic acids is 2. The van der Waals surface area contributed by atoms with Crippen LogP contribution in [0.2, 0.25) is 0 Å². The summed E-state index contributed by atoms with van der Waals surface area (Å²) in [5.41, 5.74) is 0.424. The van der Waals surface area contributed by atoms with Crippen LogP contribution in [0.5, 0.6) is 0 Å². The molecule has 0 unspecified atom stereocenters. The van der Waals surface area contributed by atoms with Gasteiger partial charge in [-0.2, -0.15) is 10.1 Å². The molecule has 0 fully saturated rings. The fraction of sp³-hybridized carbons (Fsp3) is 0.231. The summed E-state index contributed by atoms with van der Waals surface area (Å²) in [5, 5.41) is 13.2. The van der Waals surface area contributed by atoms with E-state index in [0.29, 0.717) is 18.0 Å². The molecular formula is C13H14N8O2. The maximum Gasteiger partial charge on any atom is 0.295 e. The highest BCUT2D eigenvalue weighted by Gasteiger charge is 2.20. The maximum atomic E-state index is 12.3. The van der Waals surface area contributed by atoms with Crippen LogP contribution in [0.3, 0.4) is 0 Å². The average molecular weight is 314 g/mol. The number of hydrogen-bond acceptors (Lipinski definition) is 6. The lowest BCUT2D eigenvalue weighted by molar-refractivity contribution is 0.0958. The smallest absolute Gasteiger partial charge is 0.295 e. The molecule has 0 aliphatic heterocycles. The number of carbonyl (C=O) groups is 2. The van der Waals surface area contributed by atoms with Crippen LogP contribution in [0, 0.1) is 0 Å². The van der Waals surface area contributed by atoms with E-state index in [4.69, 9.17) is 0 Å². The Hall–Kier alpha value is -3.30. The Morgan fingerprint density at radius 1 is 1.26 bits per heavy atom. The number of rotatable bonds is 4. The quantitative estimate of drug-likeness (QED) is 0.697. The number of aryl methyl sites for hydroxylation is 1. The van der Waals surface area contributed by atoms with Gasteiger partial charge >= 0.3 is 0 Å². The molecule has 3 aromatic rings. The molecule has 0 aliphatic carbocycles. The van der Waals surface area contributed by atoms with Gasteiger partial charge in [0.15, 0.2) is 5.69 Å². The molecule has 23 heavy (non-hydrogen) atoms. The molecule has 2 amide bonds. The Morgan fingerprint density at radius 2 is 2.09 bits per heavy atom. The van der Waals surface area contributed by atoms with Crippen molar-refractivity contribution < 1.29 is 9.59 Å². The summed E-state index contributed by atoms with van der Waals surface area (Å²) in [4.78, 5) is 32.2. The van der Waals surface area contributed by atoms with Crippen molar-refractivity contribution in [2.45, 2.75) is 13.5 Å². The minimum atomic E-state index is -0.545. The Balaban J connectivity index is 1.90. The van der Waals surface area contributed by atoms with Crippen LogP contribution in [-0.4, -0.2) is 48.2 Å². The first-order chi connectivity index (χ1) is 11.1. The highest BCUT2D eigenvalue weighted by atomic mass is 16.2. The van der Waals surface area contributed by atoms with Crippen LogP contribution in [0.1, 0.15) is 28.0 Å². The zero-order chi connectivity index (χ0) is 16.4. The Labute approximate surface area is 130 Å². The molecule has 10 heteroatoms. The van der Waals surface area contributed by atoms with Crippen molar-refractivity contribution in [1.82, 2.24) is 34.7 Å². The standard InChI is InChI=1S/C13H14N8O2/c1-3-20-7-8(9(18-20)11(22)14-2)16-12(23)10-17-13-15-5-4-6-21(13)19-10/h4-7H,3H2,1-2H3,(H,14,22)(H,16,23). The molecule has 0 atom stereocenters. The molecule has 2 N–H and O–H groups in total. The van der Waals surface area contributed by atoms with Crippen molar-refractivity contribution in [1.29, 1.82) is 0 Å². The van der Waals surface area contributed by atoms with Gasteiger partial charge in [-0.1, -0.05) is 0 Å². The molecular weight excluding hydrogens is 300 g/mol. The summed E-state index contributed by atoms with van der Waals surface area (Å²) in [6.45, 7) is 2.44. The highest BCUT2D eigenvalue weighted by molar-refractivity contribution is 6.06. The Kier molecular flexibility index (Phi) is 3.71. The van der Waals surface area contributed by atoms with Crippen molar-refractivity contribution in [2.75, 3.05) is 12.4 Å². The van der Waals surface area contributed by atoms with Gasteiger partial charge in [-0.05, 0) is 13.0 Å². The topological polar surface area (TPSA) is 119 Å². The van der Waals surface area contributed by atoms with Gasteiger partial charge in [0.25, 0.3) is 17.6 Å². The van der Waals surface area contributed by atoms with E-state index in [2.05, 4.69) is 30.8 Å². The van der Waals surface area contributed by atoms with Gasteiger partial charge in [0.05, 0.1) is 5.69 Å². The number of nitrogens with zero attached hydrogens (tertiary/aromatic N) is 6. The second-order valence-electron chi connectivity index (χ2n) is 4.58. The molecule has 0 bridgehead atoms. The summed E-state index contributed by atoms with van der Waals surface area (Å²) < 4.78 is 2.95. The first kappa shape index (κ1) is 14.6. The van der Waals surface area contributed by atoms with Gasteiger partial charge in [-0.25, -0.2) is 9.50 Å². The molecule has 3 aromatic heterocycles. The molecule has 0 saturated carbocycles. The highest BCUT2D eigenvalue weighted by Crippen LogP contribution is 2.14. The molecule has 10 nitrogen and oxygen atoms in total. The molecule has 0 spiro atoms. The van der Waals surface area contributed by atoms with Crippen molar-refractivity contribution in [2.24, 2.45) is 0 Å². The first-order valence-electron chi connectivity index (χ1n) is 6.90. The van der Waals surface area contributed by atoms with Crippen LogP contribution in [-0.2, 0) is 6.54 Å². The monoisotopic (exact) mass is 314 g/mol. The zero-order valence-electron chi connectivity index (χ0n) is 12.5. The van der Waals surface area contributed by atoms with Crippen molar-refractivity contribution in [3.63, 3.8) is 0 Å². The third-order valence-corrected chi connectivity index (χ3v) is 3.10. The average Bonchev–Trinajstić information content (AvgIpc) is 3.17. The minimum Gasteiger partial charge on any atom is -0.354 e. The molecule has 0 aliphatic rings. The minimum absolute atomic E-state index is 0.0456. The van der Waals surface area contributed by atoms with E-state index >= 15 is 0 Å². The second-order valence-corrected chi connectivity index (χ2v) is 4.58. The first-order valence-corrected chi connectivity index (χ1v) is 6.90. The van der Waals surface area contributed by atoms with Gasteiger partial charge in [-0.3, -0.25) is 14.3 Å². The Bertz CT molecular complexity index is 848. The lowest BCUT2D eigenvalue weighted by atomic mass is 10.3. The fourth-order valence-corrected chi connectivity index (χ4v) is 1.97. The molecule has 0 saturated heterocycles. The Morgan fingerprint density at radius 3 is 2.78 bits per heavy atom. The second kappa shape index (κ2) is 5.83. The number of amides is 2. The van der Waals surface area contributed by atoms with Gasteiger partial charge < -0.3 is 10.6 Å². The number of fused-ring (bicyclic) bond motifs is 1. The zero-order valence-corrected chi connectivity index (χ0v) is 12.5. The normalized spacial score (nSPS) is 10.7. The summed E-state index contributed by atoms with van der Waals surface area (Å²) >= 11 is 0. The number of anilines is 1. The van der Waals surface area contributed by atoms with Crippen LogP contribution >= 0.6 is 0 Å². The summed E-state index contributed by atoms with van der Waals surface area (Å²) in [6, 6.07) is 1.68. The summed E-state index contributed by atoms with van der Waals surface area (Å²) in [5.74, 6) is -0.669. The van der Waals surface area contributed by atoms with Gasteiger partial charge in [-0.15, -0.1) is 5.10 Å². The van der Waals surface area contributed by atoms with Crippen LogP contribution in [0.25, 0.3) is 5.78 Å². The van der Waals surface area contributed by atoms with Crippen molar-refractivity contribution in [3.8, 4) is 0 Å². The van der Waals surface area contributed by atoms with Crippen LogP contribution in [0.4, 0.5) is 5.69 Å². The third kappa shape index (κ3) is 2.73. The number of aromatic nitrogens is 6. The maximum absolute atomic E-state index is 12.3. The van der Waals surface area contributed by atoms with Crippen molar-refractivity contribution >= 4 is 23.3 Å². The van der Waals surface area contributed by atoms with E-state index in [-0.39, 0.29) is 11.5 Å². The predicted molar refractivity (Wildman–Crippen MR) is 80.0 cm³/mol. The number of hydrogen-bond donors (Lipinski definition) is 2. The van der Waals surface area contributed by atoms with E-state index < -0.39 is 11.8 Å². The molecule has 118 valence electrons.